The molecule has 2 aliphatic rings. The zero-order valence-corrected chi connectivity index (χ0v) is 15.4. The third-order valence-electron chi connectivity index (χ3n) is 5.12. The predicted octanol–water partition coefficient (Wildman–Crippen LogP) is 3.95. The fraction of sp³-hybridized carbons (Fsp3) is 0.588. The lowest BCUT2D eigenvalue weighted by molar-refractivity contribution is -0.126. The van der Waals surface area contributed by atoms with Crippen LogP contribution >= 0.6 is 35.6 Å². The minimum atomic E-state index is -0.00967. The summed E-state index contributed by atoms with van der Waals surface area (Å²) in [6, 6.07) is 5.70. The van der Waals surface area contributed by atoms with Gasteiger partial charge in [-0.25, -0.2) is 0 Å². The number of hydrogen-bond acceptors (Lipinski definition) is 2. The van der Waals surface area contributed by atoms with Crippen LogP contribution in [-0.4, -0.2) is 25.5 Å². The maximum absolute atomic E-state index is 12.4. The Morgan fingerprint density at radius 3 is 2.52 bits per heavy atom. The molecule has 2 fully saturated rings. The first-order valence-electron chi connectivity index (χ1n) is 8.05. The summed E-state index contributed by atoms with van der Waals surface area (Å²) in [7, 11) is 0. The zero-order valence-electron chi connectivity index (χ0n) is 13.0. The summed E-state index contributed by atoms with van der Waals surface area (Å²) in [6.45, 7) is 2.55. The summed E-state index contributed by atoms with van der Waals surface area (Å²) in [5.74, 6) is 0.344. The third-order valence-corrected chi connectivity index (χ3v) is 5.67. The molecule has 1 saturated carbocycles. The van der Waals surface area contributed by atoms with E-state index in [2.05, 4.69) is 10.6 Å². The zero-order chi connectivity index (χ0) is 15.6. The van der Waals surface area contributed by atoms with Gasteiger partial charge in [-0.05, 0) is 56.5 Å². The molecule has 0 bridgehead atoms. The SMILES string of the molecule is Cl.O=C(NCC1(c2ccc(Cl)cc2Cl)CCC1)C1CCNCC1. The number of piperidine rings is 1. The summed E-state index contributed by atoms with van der Waals surface area (Å²) in [5, 5.41) is 7.84. The number of rotatable bonds is 4. The predicted molar refractivity (Wildman–Crippen MR) is 97.8 cm³/mol. The Hall–Kier alpha value is -0.480. The van der Waals surface area contributed by atoms with E-state index >= 15 is 0 Å². The van der Waals surface area contributed by atoms with Gasteiger partial charge in [-0.3, -0.25) is 4.79 Å². The van der Waals surface area contributed by atoms with E-state index in [4.69, 9.17) is 23.2 Å². The summed E-state index contributed by atoms with van der Waals surface area (Å²) in [5.41, 5.74) is 1.11. The van der Waals surface area contributed by atoms with Gasteiger partial charge in [0.05, 0.1) is 0 Å². The smallest absolute Gasteiger partial charge is 0.223 e. The Kier molecular flexibility index (Phi) is 6.61. The Morgan fingerprint density at radius 2 is 1.96 bits per heavy atom. The lowest BCUT2D eigenvalue weighted by atomic mass is 9.64. The highest BCUT2D eigenvalue weighted by Gasteiger charge is 2.40. The van der Waals surface area contributed by atoms with E-state index in [1.165, 1.54) is 6.42 Å². The van der Waals surface area contributed by atoms with Gasteiger partial charge in [0.2, 0.25) is 5.91 Å². The number of carbonyl (C=O) groups is 1. The van der Waals surface area contributed by atoms with Crippen LogP contribution in [0.2, 0.25) is 10.0 Å². The van der Waals surface area contributed by atoms with Gasteiger partial charge in [0.25, 0.3) is 0 Å². The average Bonchev–Trinajstić information content (AvgIpc) is 2.48. The molecule has 1 heterocycles. The van der Waals surface area contributed by atoms with Gasteiger partial charge < -0.3 is 10.6 Å². The summed E-state index contributed by atoms with van der Waals surface area (Å²) in [6.07, 6.45) is 5.19. The Morgan fingerprint density at radius 1 is 1.26 bits per heavy atom. The summed E-state index contributed by atoms with van der Waals surface area (Å²) >= 11 is 12.4. The van der Waals surface area contributed by atoms with E-state index in [0.29, 0.717) is 16.6 Å². The van der Waals surface area contributed by atoms with E-state index in [1.54, 1.807) is 6.07 Å². The molecule has 0 aromatic heterocycles. The molecule has 1 aliphatic carbocycles. The standard InChI is InChI=1S/C17H22Cl2N2O.ClH/c18-13-2-3-14(15(19)10-13)17(6-1-7-17)11-21-16(22)12-4-8-20-9-5-12;/h2-3,10,12,20H,1,4-9,11H2,(H,21,22);1H. The molecule has 0 unspecified atom stereocenters. The second-order valence-corrected chi connectivity index (χ2v) is 7.34. The molecule has 6 heteroatoms. The van der Waals surface area contributed by atoms with E-state index < -0.39 is 0 Å². The number of nitrogens with one attached hydrogen (secondary N) is 2. The van der Waals surface area contributed by atoms with Gasteiger partial charge in [0.15, 0.2) is 0 Å². The molecule has 1 saturated heterocycles. The van der Waals surface area contributed by atoms with Gasteiger partial charge in [0, 0.05) is 27.9 Å². The van der Waals surface area contributed by atoms with Crippen molar-refractivity contribution in [2.45, 2.75) is 37.5 Å². The van der Waals surface area contributed by atoms with E-state index in [-0.39, 0.29) is 29.6 Å². The van der Waals surface area contributed by atoms with Gasteiger partial charge in [-0.1, -0.05) is 35.7 Å². The first kappa shape index (κ1) is 18.9. The largest absolute Gasteiger partial charge is 0.355 e. The van der Waals surface area contributed by atoms with Crippen LogP contribution in [0.3, 0.4) is 0 Å². The number of benzene rings is 1. The van der Waals surface area contributed by atoms with Crippen LogP contribution in [0.4, 0.5) is 0 Å². The van der Waals surface area contributed by atoms with Crippen molar-refractivity contribution in [3.8, 4) is 0 Å². The fourth-order valence-corrected chi connectivity index (χ4v) is 4.16. The highest BCUT2D eigenvalue weighted by Crippen LogP contribution is 2.46. The normalized spacial score (nSPS) is 20.3. The molecular weight excluding hydrogens is 355 g/mol. The van der Waals surface area contributed by atoms with Crippen LogP contribution < -0.4 is 10.6 Å². The lowest BCUT2D eigenvalue weighted by Crippen LogP contribution is -2.48. The topological polar surface area (TPSA) is 41.1 Å². The van der Waals surface area contributed by atoms with Crippen molar-refractivity contribution in [2.24, 2.45) is 5.92 Å². The van der Waals surface area contributed by atoms with Crippen LogP contribution in [0.25, 0.3) is 0 Å². The second-order valence-electron chi connectivity index (χ2n) is 6.50. The Bertz CT molecular complexity index is 555. The van der Waals surface area contributed by atoms with Crippen molar-refractivity contribution in [1.82, 2.24) is 10.6 Å². The van der Waals surface area contributed by atoms with Gasteiger partial charge in [0.1, 0.15) is 0 Å². The monoisotopic (exact) mass is 376 g/mol. The molecule has 1 aliphatic heterocycles. The van der Waals surface area contributed by atoms with Gasteiger partial charge >= 0.3 is 0 Å². The van der Waals surface area contributed by atoms with E-state index in [9.17, 15) is 4.79 Å². The third kappa shape index (κ3) is 4.14. The first-order valence-corrected chi connectivity index (χ1v) is 8.80. The molecule has 3 rings (SSSR count). The molecule has 2 N–H and O–H groups in total. The van der Waals surface area contributed by atoms with E-state index in [0.717, 1.165) is 44.3 Å². The quantitative estimate of drug-likeness (QED) is 0.834. The van der Waals surface area contributed by atoms with Crippen molar-refractivity contribution >= 4 is 41.5 Å². The molecule has 1 aromatic rings. The maximum atomic E-state index is 12.4. The van der Waals surface area contributed by atoms with Crippen LogP contribution in [0.1, 0.15) is 37.7 Å². The average molecular weight is 378 g/mol. The number of hydrogen-bond donors (Lipinski definition) is 2. The van der Waals surface area contributed by atoms with E-state index in [1.807, 2.05) is 12.1 Å². The molecule has 128 valence electrons. The van der Waals surface area contributed by atoms with Crippen LogP contribution in [0.15, 0.2) is 18.2 Å². The van der Waals surface area contributed by atoms with Gasteiger partial charge in [-0.2, -0.15) is 0 Å². The Balaban J connectivity index is 0.00000192. The first-order chi connectivity index (χ1) is 10.6. The molecule has 0 spiro atoms. The second kappa shape index (κ2) is 8.06. The Labute approximate surface area is 153 Å². The van der Waals surface area contributed by atoms with Crippen LogP contribution in [-0.2, 0) is 10.2 Å². The maximum Gasteiger partial charge on any atom is 0.223 e. The molecule has 0 atom stereocenters. The van der Waals surface area contributed by atoms with Gasteiger partial charge in [-0.15, -0.1) is 12.4 Å². The minimum Gasteiger partial charge on any atom is -0.355 e. The number of amides is 1. The van der Waals surface area contributed by atoms with Crippen molar-refractivity contribution in [3.05, 3.63) is 33.8 Å². The number of carbonyl (C=O) groups excluding carboxylic acids is 1. The number of halogens is 3. The highest BCUT2D eigenvalue weighted by atomic mass is 35.5. The van der Waals surface area contributed by atoms with Crippen molar-refractivity contribution in [3.63, 3.8) is 0 Å². The van der Waals surface area contributed by atoms with Crippen LogP contribution in [0, 0.1) is 5.92 Å². The van der Waals surface area contributed by atoms with Crippen molar-refractivity contribution in [1.29, 1.82) is 0 Å². The molecule has 23 heavy (non-hydrogen) atoms. The fourth-order valence-electron chi connectivity index (χ4n) is 3.55. The molecular formula is C17H23Cl3N2O. The summed E-state index contributed by atoms with van der Waals surface area (Å²) in [4.78, 5) is 12.4. The molecule has 0 radical (unpaired) electrons. The molecule has 1 aromatic carbocycles. The molecule has 3 nitrogen and oxygen atoms in total. The minimum absolute atomic E-state index is 0. The lowest BCUT2D eigenvalue weighted by Gasteiger charge is -2.43. The van der Waals surface area contributed by atoms with Crippen molar-refractivity contribution < 1.29 is 4.79 Å². The molecule has 1 amide bonds. The highest BCUT2D eigenvalue weighted by molar-refractivity contribution is 6.35. The summed E-state index contributed by atoms with van der Waals surface area (Å²) < 4.78 is 0. The van der Waals surface area contributed by atoms with Crippen molar-refractivity contribution in [2.75, 3.05) is 19.6 Å². The van der Waals surface area contributed by atoms with Crippen LogP contribution in [0.5, 0.6) is 0 Å².